The van der Waals surface area contributed by atoms with Crippen LogP contribution >= 0.6 is 0 Å². The van der Waals surface area contributed by atoms with E-state index in [2.05, 4.69) is 29.6 Å². The molecule has 1 aliphatic carbocycles. The number of carbonyl (C=O) groups excluding carboxylic acids is 1. The van der Waals surface area contributed by atoms with E-state index < -0.39 is 0 Å². The predicted octanol–water partition coefficient (Wildman–Crippen LogP) is 3.60. The molecule has 0 radical (unpaired) electrons. The van der Waals surface area contributed by atoms with Gasteiger partial charge in [0.1, 0.15) is 5.82 Å². The molecule has 1 aromatic carbocycles. The summed E-state index contributed by atoms with van der Waals surface area (Å²) in [7, 11) is 0. The number of aromatic nitrogens is 2. The molecular formula is C20H28N4O. The van der Waals surface area contributed by atoms with E-state index in [1.165, 1.54) is 24.8 Å². The number of benzene rings is 1. The van der Waals surface area contributed by atoms with Gasteiger partial charge in [0, 0.05) is 12.1 Å². The zero-order valence-electron chi connectivity index (χ0n) is 15.4. The topological polar surface area (TPSA) is 59.0 Å². The van der Waals surface area contributed by atoms with Crippen LogP contribution in [0.3, 0.4) is 0 Å². The van der Waals surface area contributed by atoms with Gasteiger partial charge in [-0.1, -0.05) is 37.5 Å². The molecule has 1 aliphatic rings. The van der Waals surface area contributed by atoms with E-state index in [4.69, 9.17) is 0 Å². The van der Waals surface area contributed by atoms with E-state index in [0.29, 0.717) is 24.3 Å². The third-order valence-electron chi connectivity index (χ3n) is 5.01. The predicted molar refractivity (Wildman–Crippen MR) is 101 cm³/mol. The molecule has 1 fully saturated rings. The highest BCUT2D eigenvalue weighted by molar-refractivity contribution is 5.91. The first-order chi connectivity index (χ1) is 12.0. The fourth-order valence-corrected chi connectivity index (χ4v) is 3.50. The van der Waals surface area contributed by atoms with Gasteiger partial charge in [-0.2, -0.15) is 5.10 Å². The molecule has 2 N–H and O–H groups in total. The summed E-state index contributed by atoms with van der Waals surface area (Å²) >= 11 is 0. The summed E-state index contributed by atoms with van der Waals surface area (Å²) in [4.78, 5) is 12.4. The summed E-state index contributed by atoms with van der Waals surface area (Å²) in [5.41, 5.74) is 3.02. The summed E-state index contributed by atoms with van der Waals surface area (Å²) < 4.78 is 1.79. The zero-order valence-corrected chi connectivity index (χ0v) is 15.4. The quantitative estimate of drug-likeness (QED) is 0.874. The van der Waals surface area contributed by atoms with Gasteiger partial charge in [-0.3, -0.25) is 4.79 Å². The van der Waals surface area contributed by atoms with E-state index in [1.54, 1.807) is 4.68 Å². The van der Waals surface area contributed by atoms with E-state index >= 15 is 0 Å². The van der Waals surface area contributed by atoms with Crippen molar-refractivity contribution in [2.45, 2.75) is 52.5 Å². The van der Waals surface area contributed by atoms with Gasteiger partial charge in [0.15, 0.2) is 0 Å². The van der Waals surface area contributed by atoms with Crippen LogP contribution < -0.4 is 10.6 Å². The van der Waals surface area contributed by atoms with Crippen LogP contribution in [0.5, 0.6) is 0 Å². The molecule has 2 unspecified atom stereocenters. The molecule has 0 aliphatic heterocycles. The van der Waals surface area contributed by atoms with Crippen molar-refractivity contribution in [2.24, 2.45) is 5.92 Å². The number of hydrogen-bond donors (Lipinski definition) is 2. The normalized spacial score (nSPS) is 20.4. The smallest absolute Gasteiger partial charge is 0.239 e. The highest BCUT2D eigenvalue weighted by Crippen LogP contribution is 2.23. The second kappa shape index (κ2) is 7.83. The minimum atomic E-state index is -0.0222. The van der Waals surface area contributed by atoms with Crippen molar-refractivity contribution in [3.63, 3.8) is 0 Å². The molecule has 134 valence electrons. The zero-order chi connectivity index (χ0) is 17.8. The molecule has 5 nitrogen and oxygen atoms in total. The maximum Gasteiger partial charge on any atom is 0.239 e. The molecule has 2 aromatic rings. The van der Waals surface area contributed by atoms with Crippen LogP contribution in [0.15, 0.2) is 30.3 Å². The molecular weight excluding hydrogens is 312 g/mol. The fraction of sp³-hybridized carbons (Fsp3) is 0.500. The molecule has 1 amide bonds. The molecule has 1 saturated carbocycles. The van der Waals surface area contributed by atoms with E-state index in [1.807, 2.05) is 37.3 Å². The van der Waals surface area contributed by atoms with Gasteiger partial charge in [-0.15, -0.1) is 0 Å². The van der Waals surface area contributed by atoms with Crippen molar-refractivity contribution in [1.29, 1.82) is 0 Å². The van der Waals surface area contributed by atoms with E-state index in [0.717, 1.165) is 17.8 Å². The number of carbonyl (C=O) groups is 1. The molecule has 1 heterocycles. The Bertz CT molecular complexity index is 720. The van der Waals surface area contributed by atoms with Crippen LogP contribution in [0.25, 0.3) is 5.69 Å². The molecule has 3 rings (SSSR count). The van der Waals surface area contributed by atoms with Crippen LogP contribution in [0.4, 0.5) is 5.82 Å². The minimum absolute atomic E-state index is 0.0222. The lowest BCUT2D eigenvalue weighted by Gasteiger charge is -2.29. The van der Waals surface area contributed by atoms with Gasteiger partial charge in [0.05, 0.1) is 17.9 Å². The summed E-state index contributed by atoms with van der Waals surface area (Å²) in [6.45, 7) is 6.60. The van der Waals surface area contributed by atoms with Crippen LogP contribution in [0, 0.1) is 19.8 Å². The summed E-state index contributed by atoms with van der Waals surface area (Å²) in [5, 5.41) is 10.9. The van der Waals surface area contributed by atoms with Crippen molar-refractivity contribution in [2.75, 3.05) is 11.9 Å². The standard InChI is InChI=1S/C20H28N4O/c1-14-8-10-17(11-9-14)24-19(12-16(3)23-24)22-20(25)13-21-18-7-5-4-6-15(18)2/h8-12,15,18,21H,4-7,13H2,1-3H3,(H,22,25). The maximum atomic E-state index is 12.4. The lowest BCUT2D eigenvalue weighted by atomic mass is 9.86. The third-order valence-corrected chi connectivity index (χ3v) is 5.01. The lowest BCUT2D eigenvalue weighted by molar-refractivity contribution is -0.115. The van der Waals surface area contributed by atoms with Gasteiger partial charge in [-0.25, -0.2) is 4.68 Å². The monoisotopic (exact) mass is 340 g/mol. The first-order valence-corrected chi connectivity index (χ1v) is 9.20. The van der Waals surface area contributed by atoms with Gasteiger partial charge in [-0.05, 0) is 44.7 Å². The average Bonchev–Trinajstić information content (AvgIpc) is 2.95. The molecule has 0 bridgehead atoms. The Hall–Kier alpha value is -2.14. The van der Waals surface area contributed by atoms with Gasteiger partial charge in [0.25, 0.3) is 0 Å². The fourth-order valence-electron chi connectivity index (χ4n) is 3.50. The van der Waals surface area contributed by atoms with Gasteiger partial charge in [0.2, 0.25) is 5.91 Å². The molecule has 1 aromatic heterocycles. The van der Waals surface area contributed by atoms with Crippen LogP contribution in [-0.4, -0.2) is 28.3 Å². The summed E-state index contributed by atoms with van der Waals surface area (Å²) in [5.74, 6) is 1.33. The average molecular weight is 340 g/mol. The Morgan fingerprint density at radius 3 is 2.64 bits per heavy atom. The van der Waals surface area contributed by atoms with Crippen molar-refractivity contribution >= 4 is 11.7 Å². The Morgan fingerprint density at radius 1 is 1.20 bits per heavy atom. The van der Waals surface area contributed by atoms with Crippen molar-refractivity contribution in [3.8, 4) is 5.69 Å². The number of amides is 1. The molecule has 0 saturated heterocycles. The Balaban J connectivity index is 1.64. The maximum absolute atomic E-state index is 12.4. The van der Waals surface area contributed by atoms with Crippen molar-refractivity contribution in [1.82, 2.24) is 15.1 Å². The van der Waals surface area contributed by atoms with E-state index in [9.17, 15) is 4.79 Å². The van der Waals surface area contributed by atoms with Crippen LogP contribution in [0.1, 0.15) is 43.9 Å². The minimum Gasteiger partial charge on any atom is -0.309 e. The van der Waals surface area contributed by atoms with Crippen molar-refractivity contribution in [3.05, 3.63) is 41.6 Å². The largest absolute Gasteiger partial charge is 0.309 e. The van der Waals surface area contributed by atoms with Crippen LogP contribution in [0.2, 0.25) is 0 Å². The summed E-state index contributed by atoms with van der Waals surface area (Å²) in [6.07, 6.45) is 4.97. The molecule has 2 atom stereocenters. The molecule has 5 heteroatoms. The lowest BCUT2D eigenvalue weighted by Crippen LogP contribution is -2.41. The second-order valence-electron chi connectivity index (χ2n) is 7.22. The van der Waals surface area contributed by atoms with E-state index in [-0.39, 0.29) is 5.91 Å². The first kappa shape index (κ1) is 17.7. The number of nitrogens with one attached hydrogen (secondary N) is 2. The third kappa shape index (κ3) is 4.48. The number of rotatable bonds is 5. The number of anilines is 1. The van der Waals surface area contributed by atoms with Crippen molar-refractivity contribution < 1.29 is 4.79 Å². The van der Waals surface area contributed by atoms with Gasteiger partial charge >= 0.3 is 0 Å². The Kier molecular flexibility index (Phi) is 5.53. The highest BCUT2D eigenvalue weighted by atomic mass is 16.2. The Morgan fingerprint density at radius 2 is 1.92 bits per heavy atom. The first-order valence-electron chi connectivity index (χ1n) is 9.20. The summed E-state index contributed by atoms with van der Waals surface area (Å²) in [6, 6.07) is 10.5. The number of aryl methyl sites for hydroxylation is 2. The SMILES string of the molecule is Cc1ccc(-n2nc(C)cc2NC(=O)CNC2CCCCC2C)cc1. The van der Waals surface area contributed by atoms with Gasteiger partial charge < -0.3 is 10.6 Å². The number of nitrogens with zero attached hydrogens (tertiary/aromatic N) is 2. The Labute approximate surface area is 149 Å². The number of hydrogen-bond acceptors (Lipinski definition) is 3. The van der Waals surface area contributed by atoms with Crippen LogP contribution in [-0.2, 0) is 4.79 Å². The molecule has 0 spiro atoms. The highest BCUT2D eigenvalue weighted by Gasteiger charge is 2.21. The second-order valence-corrected chi connectivity index (χ2v) is 7.22. The molecule has 25 heavy (non-hydrogen) atoms.